The minimum absolute atomic E-state index is 0.0698. The van der Waals surface area contributed by atoms with Crippen molar-refractivity contribution in [2.45, 2.75) is 45.6 Å². The zero-order chi connectivity index (χ0) is 28.3. The maximum atomic E-state index is 11.9. The summed E-state index contributed by atoms with van der Waals surface area (Å²) in [5.41, 5.74) is 5.44. The summed E-state index contributed by atoms with van der Waals surface area (Å²) in [6.45, 7) is 10.9. The lowest BCUT2D eigenvalue weighted by atomic mass is 10.1. The summed E-state index contributed by atoms with van der Waals surface area (Å²) in [7, 11) is 0. The molecular formula is C25H50N4O9. The summed E-state index contributed by atoms with van der Waals surface area (Å²) in [6, 6.07) is 0. The van der Waals surface area contributed by atoms with Crippen molar-refractivity contribution in [2.75, 3.05) is 98.9 Å². The molecule has 0 aromatic carbocycles. The average molecular weight is 551 g/mol. The molecule has 0 aromatic heterocycles. The van der Waals surface area contributed by atoms with E-state index >= 15 is 0 Å². The molecule has 0 saturated heterocycles. The van der Waals surface area contributed by atoms with Crippen molar-refractivity contribution in [3.8, 4) is 0 Å². The van der Waals surface area contributed by atoms with Crippen molar-refractivity contribution in [3.63, 3.8) is 0 Å². The molecule has 0 radical (unpaired) electrons. The highest BCUT2D eigenvalue weighted by atomic mass is 16.5. The molecule has 0 bridgehead atoms. The van der Waals surface area contributed by atoms with Gasteiger partial charge >= 0.3 is 0 Å². The van der Waals surface area contributed by atoms with Crippen molar-refractivity contribution in [3.05, 3.63) is 0 Å². The Hall–Kier alpha value is -1.87. The van der Waals surface area contributed by atoms with Gasteiger partial charge in [0.15, 0.2) is 0 Å². The molecule has 0 saturated carbocycles. The predicted octanol–water partition coefficient (Wildman–Crippen LogP) is -0.638. The Labute approximate surface area is 227 Å². The number of amides is 3. The molecule has 0 aliphatic heterocycles. The molecule has 13 nitrogen and oxygen atoms in total. The molecule has 0 unspecified atom stereocenters. The fourth-order valence-corrected chi connectivity index (χ4v) is 2.93. The number of nitrogens with two attached hydrogens (primary N) is 1. The first-order valence-electron chi connectivity index (χ1n) is 13.4. The van der Waals surface area contributed by atoms with Crippen LogP contribution >= 0.6 is 0 Å². The normalized spacial score (nSPS) is 11.4. The number of carbonyl (C=O) groups excluding carboxylic acids is 3. The minimum atomic E-state index is -1.03. The Morgan fingerprint density at radius 2 is 0.816 bits per heavy atom. The highest BCUT2D eigenvalue weighted by Crippen LogP contribution is 2.06. The van der Waals surface area contributed by atoms with Crippen LogP contribution in [0.2, 0.25) is 0 Å². The van der Waals surface area contributed by atoms with Crippen LogP contribution in [-0.2, 0) is 42.8 Å². The van der Waals surface area contributed by atoms with E-state index in [0.717, 1.165) is 0 Å². The molecule has 224 valence electrons. The second-order valence-electron chi connectivity index (χ2n) is 8.41. The molecule has 13 heteroatoms. The Morgan fingerprint density at radius 3 is 1.08 bits per heavy atom. The lowest BCUT2D eigenvalue weighted by Crippen LogP contribution is -2.53. The van der Waals surface area contributed by atoms with Crippen LogP contribution in [0.15, 0.2) is 0 Å². The molecule has 5 N–H and O–H groups in total. The summed E-state index contributed by atoms with van der Waals surface area (Å²) in [5, 5.41) is 8.24. The molecule has 0 atom stereocenters. The zero-order valence-corrected chi connectivity index (χ0v) is 23.5. The van der Waals surface area contributed by atoms with E-state index in [1.807, 2.05) is 20.8 Å². The van der Waals surface area contributed by atoms with Crippen LogP contribution < -0.4 is 21.7 Å². The van der Waals surface area contributed by atoms with E-state index in [-0.39, 0.29) is 76.6 Å². The third-order valence-electron chi connectivity index (χ3n) is 4.91. The maximum absolute atomic E-state index is 11.9. The minimum Gasteiger partial charge on any atom is -0.380 e. The number of rotatable bonds is 27. The van der Waals surface area contributed by atoms with E-state index in [9.17, 15) is 14.4 Å². The lowest BCUT2D eigenvalue weighted by molar-refractivity contribution is -0.123. The van der Waals surface area contributed by atoms with Crippen LogP contribution in [0, 0.1) is 0 Å². The molecule has 0 fully saturated rings. The molecule has 0 rings (SSSR count). The Kier molecular flexibility index (Phi) is 24.2. The molecular weight excluding hydrogens is 500 g/mol. The lowest BCUT2D eigenvalue weighted by Gasteiger charge is -2.29. The van der Waals surface area contributed by atoms with Crippen LogP contribution in [0.1, 0.15) is 40.0 Å². The van der Waals surface area contributed by atoms with Crippen molar-refractivity contribution in [1.82, 2.24) is 16.0 Å². The highest BCUT2D eigenvalue weighted by molar-refractivity contribution is 5.76. The van der Waals surface area contributed by atoms with Gasteiger partial charge in [0.05, 0.1) is 65.0 Å². The van der Waals surface area contributed by atoms with E-state index in [1.165, 1.54) is 0 Å². The third kappa shape index (κ3) is 23.3. The Bertz CT molecular complexity index is 533. The molecule has 0 aromatic rings. The van der Waals surface area contributed by atoms with Gasteiger partial charge in [-0.05, 0) is 20.8 Å². The molecule has 3 amide bonds. The number of nitrogens with one attached hydrogen (secondary N) is 3. The SMILES string of the molecule is CCOCCNC(=O)CCOCC(N)(COCCC(=O)NCCOCC)COCCC(=O)NCCOCC. The number of hydrogen-bond acceptors (Lipinski definition) is 10. The second kappa shape index (κ2) is 25.4. The van der Waals surface area contributed by atoms with E-state index in [4.69, 9.17) is 34.2 Å². The monoisotopic (exact) mass is 550 g/mol. The van der Waals surface area contributed by atoms with Crippen LogP contribution in [0.5, 0.6) is 0 Å². The van der Waals surface area contributed by atoms with E-state index in [0.29, 0.717) is 59.3 Å². The largest absolute Gasteiger partial charge is 0.380 e. The zero-order valence-electron chi connectivity index (χ0n) is 23.5. The summed E-state index contributed by atoms with van der Waals surface area (Å²) >= 11 is 0. The van der Waals surface area contributed by atoms with Gasteiger partial charge in [-0.3, -0.25) is 14.4 Å². The highest BCUT2D eigenvalue weighted by Gasteiger charge is 2.27. The van der Waals surface area contributed by atoms with Gasteiger partial charge in [0.1, 0.15) is 0 Å². The summed E-state index contributed by atoms with van der Waals surface area (Å²) < 4.78 is 32.5. The fraction of sp³-hybridized carbons (Fsp3) is 0.880. The van der Waals surface area contributed by atoms with Crippen LogP contribution in [0.25, 0.3) is 0 Å². The quantitative estimate of drug-likeness (QED) is 0.0966. The number of carbonyl (C=O) groups is 3. The molecule has 0 spiro atoms. The van der Waals surface area contributed by atoms with Gasteiger partial charge < -0.3 is 50.1 Å². The topological polar surface area (TPSA) is 169 Å². The predicted molar refractivity (Wildman–Crippen MR) is 142 cm³/mol. The fourth-order valence-electron chi connectivity index (χ4n) is 2.93. The number of hydrogen-bond donors (Lipinski definition) is 4. The molecule has 38 heavy (non-hydrogen) atoms. The van der Waals surface area contributed by atoms with E-state index < -0.39 is 5.54 Å². The first-order valence-corrected chi connectivity index (χ1v) is 13.4. The summed E-state index contributed by atoms with van der Waals surface area (Å²) in [5.74, 6) is -0.443. The van der Waals surface area contributed by atoms with Gasteiger partial charge in [-0.25, -0.2) is 0 Å². The van der Waals surface area contributed by atoms with E-state index in [2.05, 4.69) is 16.0 Å². The first kappa shape index (κ1) is 36.1. The average Bonchev–Trinajstić information content (AvgIpc) is 2.90. The van der Waals surface area contributed by atoms with Crippen LogP contribution in [0.3, 0.4) is 0 Å². The summed E-state index contributed by atoms with van der Waals surface area (Å²) in [6.07, 6.45) is 0.523. The van der Waals surface area contributed by atoms with Gasteiger partial charge in [0.2, 0.25) is 17.7 Å². The molecule has 0 heterocycles. The smallest absolute Gasteiger partial charge is 0.222 e. The summed E-state index contributed by atoms with van der Waals surface area (Å²) in [4.78, 5) is 35.7. The Balaban J connectivity index is 4.43. The van der Waals surface area contributed by atoms with Gasteiger partial charge in [-0.1, -0.05) is 0 Å². The maximum Gasteiger partial charge on any atom is 0.222 e. The molecule has 0 aliphatic carbocycles. The van der Waals surface area contributed by atoms with Crippen LogP contribution in [0.4, 0.5) is 0 Å². The van der Waals surface area contributed by atoms with Gasteiger partial charge in [0.25, 0.3) is 0 Å². The Morgan fingerprint density at radius 1 is 0.526 bits per heavy atom. The standard InChI is InChI=1S/C25H50N4O9/c1-4-33-16-10-27-22(30)7-13-36-19-25(26,20-37-14-8-23(31)28-11-17-34-5-2)21-38-15-9-24(32)29-12-18-35-6-3/h4-21,26H2,1-3H3,(H,27,30)(H,28,31)(H,29,32). The van der Waals surface area contributed by atoms with Crippen molar-refractivity contribution < 1.29 is 42.8 Å². The van der Waals surface area contributed by atoms with E-state index in [1.54, 1.807) is 0 Å². The second-order valence-corrected chi connectivity index (χ2v) is 8.41. The van der Waals surface area contributed by atoms with Crippen molar-refractivity contribution >= 4 is 17.7 Å². The third-order valence-corrected chi connectivity index (χ3v) is 4.91. The van der Waals surface area contributed by atoms with Gasteiger partial charge in [0, 0.05) is 58.7 Å². The van der Waals surface area contributed by atoms with Crippen LogP contribution in [-0.4, -0.2) is 122 Å². The van der Waals surface area contributed by atoms with Crippen molar-refractivity contribution in [2.24, 2.45) is 5.73 Å². The number of ether oxygens (including phenoxy) is 6. The first-order chi connectivity index (χ1) is 18.4. The van der Waals surface area contributed by atoms with Gasteiger partial charge in [-0.2, -0.15) is 0 Å². The van der Waals surface area contributed by atoms with Gasteiger partial charge in [-0.15, -0.1) is 0 Å². The molecule has 0 aliphatic rings. The van der Waals surface area contributed by atoms with Crippen molar-refractivity contribution in [1.29, 1.82) is 0 Å².